The van der Waals surface area contributed by atoms with Gasteiger partial charge >= 0.3 is 15.6 Å². The van der Waals surface area contributed by atoms with E-state index >= 15 is 0 Å². The summed E-state index contributed by atoms with van der Waals surface area (Å²) < 4.78 is 62.1. The summed E-state index contributed by atoms with van der Waals surface area (Å²) in [7, 11) is -5.65. The second-order valence-electron chi connectivity index (χ2n) is 12.8. The molecule has 3 aromatic carbocycles. The van der Waals surface area contributed by atoms with Gasteiger partial charge in [0.2, 0.25) is 0 Å². The minimum atomic E-state index is -5.65. The van der Waals surface area contributed by atoms with Gasteiger partial charge in [0.1, 0.15) is 17.3 Å². The number of rotatable bonds is 10. The van der Waals surface area contributed by atoms with Gasteiger partial charge in [0, 0.05) is 24.0 Å². The first-order valence-electron chi connectivity index (χ1n) is 15.0. The van der Waals surface area contributed by atoms with Crippen molar-refractivity contribution in [3.63, 3.8) is 0 Å². The minimum Gasteiger partial charge on any atom is -0.376 e. The molecule has 5 nitrogen and oxygen atoms in total. The first-order chi connectivity index (χ1) is 21.2. The summed E-state index contributed by atoms with van der Waals surface area (Å²) in [5, 5.41) is 0. The first kappa shape index (κ1) is 38.3. The predicted molar refractivity (Wildman–Crippen MR) is 176 cm³/mol. The number of halogens is 3. The molecule has 0 fully saturated rings. The normalized spacial score (nSPS) is 12.9. The molecule has 0 aliphatic heterocycles. The molecule has 0 bridgehead atoms. The summed E-state index contributed by atoms with van der Waals surface area (Å²) in [6.07, 6.45) is 2.54. The van der Waals surface area contributed by atoms with E-state index in [9.17, 15) is 31.2 Å². The van der Waals surface area contributed by atoms with Gasteiger partial charge in [-0.2, -0.15) is 21.6 Å². The van der Waals surface area contributed by atoms with Crippen LogP contribution in [0, 0.1) is 23.7 Å². The van der Waals surface area contributed by atoms with Crippen molar-refractivity contribution in [3.05, 3.63) is 101 Å². The van der Waals surface area contributed by atoms with Crippen molar-refractivity contribution in [3.8, 4) is 17.6 Å². The number of carbonyl (C=O) groups is 2. The molecule has 0 heterocycles. The Morgan fingerprint density at radius 1 is 0.696 bits per heavy atom. The Labute approximate surface area is 271 Å². The molecule has 0 saturated heterocycles. The SMILES string of the molecule is CC(=O)CC(C)Cc1ccc(C#Cc2ccc(C(C)(C)C)cc2)cc1.CC(=O)CC(C)Cc1ccc(OS(=O)(=O)C(F)(F)F)cc1. The highest BCUT2D eigenvalue weighted by atomic mass is 32.2. The van der Waals surface area contributed by atoms with Gasteiger partial charge in [0.05, 0.1) is 0 Å². The number of carbonyl (C=O) groups excluding carboxylic acids is 2. The molecule has 0 N–H and O–H groups in total. The highest BCUT2D eigenvalue weighted by molar-refractivity contribution is 7.88. The van der Waals surface area contributed by atoms with Crippen LogP contribution >= 0.6 is 0 Å². The Hall–Kier alpha value is -3.90. The summed E-state index contributed by atoms with van der Waals surface area (Å²) in [5.41, 5.74) is 0.120. The van der Waals surface area contributed by atoms with Crippen molar-refractivity contribution in [1.29, 1.82) is 0 Å². The van der Waals surface area contributed by atoms with E-state index in [1.54, 1.807) is 6.92 Å². The van der Waals surface area contributed by atoms with Crippen LogP contribution in [0.4, 0.5) is 13.2 Å². The fraction of sp³-hybridized carbons (Fsp3) is 0.405. The van der Waals surface area contributed by atoms with Crippen LogP contribution in [0.5, 0.6) is 5.75 Å². The molecule has 3 aromatic rings. The molecule has 2 atom stereocenters. The van der Waals surface area contributed by atoms with Gasteiger partial charge in [-0.1, -0.05) is 82.9 Å². The van der Waals surface area contributed by atoms with Gasteiger partial charge in [-0.15, -0.1) is 0 Å². The average Bonchev–Trinajstić information content (AvgIpc) is 2.92. The minimum absolute atomic E-state index is 0.0544. The smallest absolute Gasteiger partial charge is 0.376 e. The highest BCUT2D eigenvalue weighted by Gasteiger charge is 2.48. The summed E-state index contributed by atoms with van der Waals surface area (Å²) >= 11 is 0. The number of hydrogen-bond acceptors (Lipinski definition) is 5. The van der Waals surface area contributed by atoms with Crippen molar-refractivity contribution in [2.24, 2.45) is 11.8 Å². The van der Waals surface area contributed by atoms with E-state index in [4.69, 9.17) is 0 Å². The van der Waals surface area contributed by atoms with Crippen LogP contribution in [0.15, 0.2) is 72.8 Å². The number of Topliss-reactive ketones (excluding diaryl/α,β-unsaturated/α-hetero) is 2. The molecule has 0 radical (unpaired) electrons. The number of alkyl halides is 3. The Balaban J connectivity index is 0.000000326. The Morgan fingerprint density at radius 2 is 1.07 bits per heavy atom. The highest BCUT2D eigenvalue weighted by Crippen LogP contribution is 2.27. The van der Waals surface area contributed by atoms with Crippen molar-refractivity contribution < 1.29 is 35.4 Å². The Bertz CT molecular complexity index is 1610. The first-order valence-corrected chi connectivity index (χ1v) is 16.5. The topological polar surface area (TPSA) is 77.5 Å². The molecule has 248 valence electrons. The number of hydrogen-bond donors (Lipinski definition) is 0. The average molecular weight is 657 g/mol. The molecule has 0 amide bonds. The van der Waals surface area contributed by atoms with E-state index in [-0.39, 0.29) is 22.9 Å². The lowest BCUT2D eigenvalue weighted by molar-refractivity contribution is -0.118. The van der Waals surface area contributed by atoms with Crippen LogP contribution in [-0.2, 0) is 38.0 Å². The third-order valence-electron chi connectivity index (χ3n) is 6.91. The third kappa shape index (κ3) is 13.6. The van der Waals surface area contributed by atoms with Crippen molar-refractivity contribution in [1.82, 2.24) is 0 Å². The van der Waals surface area contributed by atoms with Gasteiger partial charge in [-0.3, -0.25) is 0 Å². The monoisotopic (exact) mass is 656 g/mol. The second kappa shape index (κ2) is 16.6. The maximum Gasteiger partial charge on any atom is 0.534 e. The molecule has 3 rings (SSSR count). The summed E-state index contributed by atoms with van der Waals surface area (Å²) in [4.78, 5) is 22.1. The van der Waals surface area contributed by atoms with Gasteiger partial charge in [0.25, 0.3) is 0 Å². The zero-order valence-electron chi connectivity index (χ0n) is 27.5. The van der Waals surface area contributed by atoms with Crippen LogP contribution in [0.25, 0.3) is 0 Å². The maximum atomic E-state index is 12.1. The molecule has 46 heavy (non-hydrogen) atoms. The lowest BCUT2D eigenvalue weighted by Crippen LogP contribution is -2.28. The lowest BCUT2D eigenvalue weighted by Gasteiger charge is -2.18. The molecule has 9 heteroatoms. The molecule has 2 unspecified atom stereocenters. The zero-order chi connectivity index (χ0) is 34.7. The summed E-state index contributed by atoms with van der Waals surface area (Å²) in [6, 6.07) is 22.1. The standard InChI is InChI=1S/C24H28O.C13H15F3O4S/c1-18(16-19(2)25)17-22-10-8-20(9-11-22)6-7-21-12-14-23(15-13-21)24(3,4)5;1-9(7-10(2)17)8-11-3-5-12(6-4-11)20-21(18,19)13(14,15)16/h8-15,18H,16-17H2,1-5H3;3-6,9H,7-8H2,1-2H3. The van der Waals surface area contributed by atoms with Crippen LogP contribution in [0.1, 0.15) is 89.1 Å². The van der Waals surface area contributed by atoms with Crippen LogP contribution in [-0.4, -0.2) is 25.5 Å². The molecule has 0 saturated carbocycles. The predicted octanol–water partition coefficient (Wildman–Crippen LogP) is 8.61. The van der Waals surface area contributed by atoms with Crippen molar-refractivity contribution >= 4 is 21.7 Å². The lowest BCUT2D eigenvalue weighted by atomic mass is 9.87. The van der Waals surface area contributed by atoms with Crippen molar-refractivity contribution in [2.75, 3.05) is 0 Å². The molecule has 0 aliphatic carbocycles. The van der Waals surface area contributed by atoms with Crippen LogP contribution in [0.2, 0.25) is 0 Å². The largest absolute Gasteiger partial charge is 0.534 e. The fourth-order valence-electron chi connectivity index (χ4n) is 4.71. The molecular formula is C37H43F3O5S. The van der Waals surface area contributed by atoms with E-state index in [0.29, 0.717) is 25.2 Å². The van der Waals surface area contributed by atoms with E-state index in [1.165, 1.54) is 30.2 Å². The van der Waals surface area contributed by atoms with E-state index in [2.05, 4.69) is 92.2 Å². The van der Waals surface area contributed by atoms with Gasteiger partial charge in [-0.25, -0.2) is 0 Å². The van der Waals surface area contributed by atoms with Gasteiger partial charge in [0.15, 0.2) is 0 Å². The Kier molecular flexibility index (Phi) is 13.8. The summed E-state index contributed by atoms with van der Waals surface area (Å²) in [6.45, 7) is 13.8. The van der Waals surface area contributed by atoms with Gasteiger partial charge < -0.3 is 13.8 Å². The van der Waals surface area contributed by atoms with E-state index in [0.717, 1.165) is 35.2 Å². The molecule has 0 aliphatic rings. The zero-order valence-corrected chi connectivity index (χ0v) is 28.3. The van der Waals surface area contributed by atoms with E-state index < -0.39 is 21.4 Å². The quantitative estimate of drug-likeness (QED) is 0.124. The maximum absolute atomic E-state index is 12.1. The molecule has 0 spiro atoms. The van der Waals surface area contributed by atoms with Gasteiger partial charge in [-0.05, 0) is 97.0 Å². The van der Waals surface area contributed by atoms with Crippen molar-refractivity contribution in [2.45, 2.75) is 85.1 Å². The molecule has 0 aromatic heterocycles. The number of ketones is 2. The number of benzene rings is 3. The third-order valence-corrected chi connectivity index (χ3v) is 7.89. The summed E-state index contributed by atoms with van der Waals surface area (Å²) in [5.74, 6) is 6.84. The second-order valence-corrected chi connectivity index (χ2v) is 14.4. The van der Waals surface area contributed by atoms with E-state index in [1.807, 2.05) is 6.92 Å². The fourth-order valence-corrected chi connectivity index (χ4v) is 5.17. The molecular weight excluding hydrogens is 613 g/mol. The van der Waals surface area contributed by atoms with Crippen LogP contribution < -0.4 is 4.18 Å². The Morgan fingerprint density at radius 3 is 1.41 bits per heavy atom. The van der Waals surface area contributed by atoms with Crippen LogP contribution in [0.3, 0.4) is 0 Å².